The van der Waals surface area contributed by atoms with Crippen LogP contribution >= 0.6 is 34.8 Å². The molecule has 0 bridgehead atoms. The Hall–Kier alpha value is -0.900. The molecular formula is C9H7F3IN3S. The predicted molar refractivity (Wildman–Crippen MR) is 71.7 cm³/mol. The highest BCUT2D eigenvalue weighted by Crippen LogP contribution is 2.32. The third-order valence-corrected chi connectivity index (χ3v) is 2.76. The maximum Gasteiger partial charge on any atom is 0.417 e. The molecule has 17 heavy (non-hydrogen) atoms. The van der Waals surface area contributed by atoms with Crippen LogP contribution < -0.4 is 11.2 Å². The van der Waals surface area contributed by atoms with Crippen LogP contribution in [0.1, 0.15) is 11.1 Å². The van der Waals surface area contributed by atoms with Crippen molar-refractivity contribution in [1.29, 1.82) is 0 Å². The summed E-state index contributed by atoms with van der Waals surface area (Å²) < 4.78 is 38.5. The van der Waals surface area contributed by atoms with E-state index in [-0.39, 0.29) is 10.7 Å². The Morgan fingerprint density at radius 3 is 2.65 bits per heavy atom. The minimum Gasteiger partial charge on any atom is -0.375 e. The van der Waals surface area contributed by atoms with Gasteiger partial charge in [-0.05, 0) is 46.9 Å². The average molecular weight is 373 g/mol. The molecule has 1 aromatic carbocycles. The van der Waals surface area contributed by atoms with E-state index in [4.69, 9.17) is 5.73 Å². The van der Waals surface area contributed by atoms with Gasteiger partial charge in [-0.25, -0.2) is 0 Å². The molecule has 0 spiro atoms. The van der Waals surface area contributed by atoms with E-state index < -0.39 is 11.7 Å². The number of hydrogen-bond acceptors (Lipinski definition) is 2. The summed E-state index contributed by atoms with van der Waals surface area (Å²) in [5.41, 5.74) is 6.53. The summed E-state index contributed by atoms with van der Waals surface area (Å²) in [4.78, 5) is 0. The van der Waals surface area contributed by atoms with Gasteiger partial charge < -0.3 is 5.73 Å². The van der Waals surface area contributed by atoms with Crippen LogP contribution in [0.5, 0.6) is 0 Å². The largest absolute Gasteiger partial charge is 0.417 e. The Kier molecular flexibility index (Phi) is 4.69. The van der Waals surface area contributed by atoms with E-state index in [0.29, 0.717) is 3.57 Å². The van der Waals surface area contributed by atoms with Gasteiger partial charge in [0.25, 0.3) is 0 Å². The third kappa shape index (κ3) is 4.11. The number of nitrogens with zero attached hydrogens (tertiary/aromatic N) is 1. The van der Waals surface area contributed by atoms with Crippen molar-refractivity contribution in [2.75, 3.05) is 0 Å². The standard InChI is InChI=1S/C9H7F3IN3S/c10-9(11,12)6-2-1-3-7(13)5(6)4-15-16-8(14)17/h1-4H,(H3,14,16,17). The topological polar surface area (TPSA) is 50.4 Å². The zero-order valence-corrected chi connectivity index (χ0v) is 11.2. The average Bonchev–Trinajstić information content (AvgIpc) is 2.18. The zero-order chi connectivity index (χ0) is 13.1. The fourth-order valence-electron chi connectivity index (χ4n) is 1.08. The predicted octanol–water partition coefficient (Wildman–Crippen LogP) is 2.48. The van der Waals surface area contributed by atoms with Crippen molar-refractivity contribution in [1.82, 2.24) is 5.43 Å². The van der Waals surface area contributed by atoms with E-state index in [9.17, 15) is 13.2 Å². The molecular weight excluding hydrogens is 366 g/mol. The fraction of sp³-hybridized carbons (Fsp3) is 0.111. The zero-order valence-electron chi connectivity index (χ0n) is 8.25. The summed E-state index contributed by atoms with van der Waals surface area (Å²) in [6.07, 6.45) is -3.38. The lowest BCUT2D eigenvalue weighted by Crippen LogP contribution is -2.24. The van der Waals surface area contributed by atoms with Crippen molar-refractivity contribution in [3.05, 3.63) is 32.9 Å². The van der Waals surface area contributed by atoms with Crippen LogP contribution in [0.15, 0.2) is 23.3 Å². The molecule has 0 amide bonds. The second-order valence-electron chi connectivity index (χ2n) is 2.93. The molecule has 3 nitrogen and oxygen atoms in total. The van der Waals surface area contributed by atoms with Gasteiger partial charge in [-0.15, -0.1) is 0 Å². The molecule has 0 aliphatic carbocycles. The van der Waals surface area contributed by atoms with Crippen LogP contribution in [0.4, 0.5) is 13.2 Å². The summed E-state index contributed by atoms with van der Waals surface area (Å²) in [5, 5.41) is 3.42. The van der Waals surface area contributed by atoms with Crippen molar-refractivity contribution >= 4 is 46.1 Å². The number of benzene rings is 1. The smallest absolute Gasteiger partial charge is 0.375 e. The maximum atomic E-state index is 12.7. The molecule has 0 atom stereocenters. The molecule has 0 aliphatic rings. The highest BCUT2D eigenvalue weighted by Gasteiger charge is 2.33. The van der Waals surface area contributed by atoms with Gasteiger partial charge >= 0.3 is 6.18 Å². The molecule has 0 saturated heterocycles. The van der Waals surface area contributed by atoms with Crippen LogP contribution in [0.3, 0.4) is 0 Å². The van der Waals surface area contributed by atoms with Gasteiger partial charge in [0.15, 0.2) is 5.11 Å². The lowest BCUT2D eigenvalue weighted by Gasteiger charge is -2.11. The molecule has 0 aliphatic heterocycles. The summed E-state index contributed by atoms with van der Waals surface area (Å²) in [6.45, 7) is 0. The minimum atomic E-state index is -4.42. The van der Waals surface area contributed by atoms with Crippen molar-refractivity contribution in [3.8, 4) is 0 Å². The number of hydrazone groups is 1. The lowest BCUT2D eigenvalue weighted by atomic mass is 10.1. The molecule has 0 saturated carbocycles. The Morgan fingerprint density at radius 2 is 2.12 bits per heavy atom. The SMILES string of the molecule is NC(=S)NN=Cc1c(I)cccc1C(F)(F)F. The number of rotatable bonds is 2. The highest BCUT2D eigenvalue weighted by atomic mass is 127. The van der Waals surface area contributed by atoms with Crippen molar-refractivity contribution in [3.63, 3.8) is 0 Å². The Labute approximate surface area is 114 Å². The Bertz CT molecular complexity index is 459. The number of thiocarbonyl (C=S) groups is 1. The van der Waals surface area contributed by atoms with Gasteiger partial charge in [0, 0.05) is 9.13 Å². The lowest BCUT2D eigenvalue weighted by molar-refractivity contribution is -0.137. The van der Waals surface area contributed by atoms with Gasteiger partial charge in [-0.2, -0.15) is 18.3 Å². The molecule has 0 heterocycles. The Balaban J connectivity index is 3.13. The molecule has 0 aromatic heterocycles. The summed E-state index contributed by atoms with van der Waals surface area (Å²) in [5.74, 6) is 0. The maximum absolute atomic E-state index is 12.7. The third-order valence-electron chi connectivity index (χ3n) is 1.73. The van der Waals surface area contributed by atoms with Crippen LogP contribution in [-0.2, 0) is 6.18 Å². The fourth-order valence-corrected chi connectivity index (χ4v) is 1.77. The second kappa shape index (κ2) is 5.63. The number of alkyl halides is 3. The quantitative estimate of drug-likeness (QED) is 0.363. The molecule has 0 radical (unpaired) electrons. The first-order valence-electron chi connectivity index (χ1n) is 4.26. The molecule has 3 N–H and O–H groups in total. The summed E-state index contributed by atoms with van der Waals surface area (Å²) in [6, 6.07) is 3.88. The number of hydrogen-bond donors (Lipinski definition) is 2. The van der Waals surface area contributed by atoms with Crippen LogP contribution in [0, 0.1) is 3.57 Å². The van der Waals surface area contributed by atoms with Gasteiger partial charge in [0.1, 0.15) is 0 Å². The van der Waals surface area contributed by atoms with E-state index >= 15 is 0 Å². The molecule has 8 heteroatoms. The van der Waals surface area contributed by atoms with Crippen molar-refractivity contribution in [2.24, 2.45) is 10.8 Å². The molecule has 0 unspecified atom stereocenters. The van der Waals surface area contributed by atoms with E-state index in [1.54, 1.807) is 28.7 Å². The molecule has 1 aromatic rings. The van der Waals surface area contributed by atoms with Gasteiger partial charge in [0.05, 0.1) is 11.8 Å². The van der Waals surface area contributed by atoms with Crippen LogP contribution in [-0.4, -0.2) is 11.3 Å². The second-order valence-corrected chi connectivity index (χ2v) is 4.54. The van der Waals surface area contributed by atoms with E-state index in [2.05, 4.69) is 22.7 Å². The van der Waals surface area contributed by atoms with Crippen LogP contribution in [0.2, 0.25) is 0 Å². The summed E-state index contributed by atoms with van der Waals surface area (Å²) >= 11 is 6.28. The molecule has 1 rings (SSSR count). The first-order valence-corrected chi connectivity index (χ1v) is 5.75. The number of halogens is 4. The van der Waals surface area contributed by atoms with Crippen LogP contribution in [0.25, 0.3) is 0 Å². The molecule has 0 fully saturated rings. The van der Waals surface area contributed by atoms with Gasteiger partial charge in [-0.1, -0.05) is 6.07 Å². The highest BCUT2D eigenvalue weighted by molar-refractivity contribution is 14.1. The minimum absolute atomic E-state index is 0.0237. The van der Waals surface area contributed by atoms with Gasteiger partial charge in [-0.3, -0.25) is 5.43 Å². The Morgan fingerprint density at radius 1 is 1.47 bits per heavy atom. The van der Waals surface area contributed by atoms with Crippen molar-refractivity contribution in [2.45, 2.75) is 6.18 Å². The molecule has 92 valence electrons. The van der Waals surface area contributed by atoms with E-state index in [0.717, 1.165) is 12.3 Å². The first kappa shape index (κ1) is 14.2. The van der Waals surface area contributed by atoms with Crippen molar-refractivity contribution < 1.29 is 13.2 Å². The first-order chi connectivity index (χ1) is 7.82. The summed E-state index contributed by atoms with van der Waals surface area (Å²) in [7, 11) is 0. The van der Waals surface area contributed by atoms with E-state index in [1.165, 1.54) is 6.07 Å². The monoisotopic (exact) mass is 373 g/mol. The normalized spacial score (nSPS) is 11.8. The number of nitrogens with two attached hydrogens (primary N) is 1. The van der Waals surface area contributed by atoms with E-state index in [1.807, 2.05) is 0 Å². The number of nitrogens with one attached hydrogen (secondary N) is 1. The van der Waals surface area contributed by atoms with Gasteiger partial charge in [0.2, 0.25) is 0 Å².